The second kappa shape index (κ2) is 8.59. The molecule has 7 nitrogen and oxygen atoms in total. The molecule has 0 atom stereocenters. The number of benzene rings is 2. The first-order valence-corrected chi connectivity index (χ1v) is 9.50. The number of ketones is 1. The molecule has 0 aliphatic carbocycles. The Balaban J connectivity index is 1.22. The van der Waals surface area contributed by atoms with E-state index < -0.39 is 0 Å². The fraction of sp³-hybridized carbons (Fsp3) is 0.333. The van der Waals surface area contributed by atoms with Crippen molar-refractivity contribution in [1.82, 2.24) is 9.80 Å². The summed E-state index contributed by atoms with van der Waals surface area (Å²) >= 11 is 0. The quantitative estimate of drug-likeness (QED) is 0.750. The van der Waals surface area contributed by atoms with Crippen LogP contribution >= 0.6 is 0 Å². The molecule has 8 heteroatoms. The minimum atomic E-state index is -0.339. The molecule has 0 saturated carbocycles. The smallest absolute Gasteiger partial charge is 0.238 e. The van der Waals surface area contributed by atoms with Gasteiger partial charge in [0.15, 0.2) is 17.3 Å². The van der Waals surface area contributed by atoms with Crippen LogP contribution in [0.2, 0.25) is 0 Å². The summed E-state index contributed by atoms with van der Waals surface area (Å²) in [4.78, 5) is 28.9. The van der Waals surface area contributed by atoms with Crippen molar-refractivity contribution in [2.45, 2.75) is 0 Å². The lowest BCUT2D eigenvalue weighted by Gasteiger charge is -2.33. The lowest BCUT2D eigenvalue weighted by molar-refractivity contribution is -0.117. The summed E-state index contributed by atoms with van der Waals surface area (Å²) in [5.74, 6) is 0.823. The zero-order valence-corrected chi connectivity index (χ0v) is 15.9. The summed E-state index contributed by atoms with van der Waals surface area (Å²) in [6.07, 6.45) is 0. The van der Waals surface area contributed by atoms with E-state index in [9.17, 15) is 14.0 Å². The molecule has 0 aromatic heterocycles. The van der Waals surface area contributed by atoms with Crippen molar-refractivity contribution < 1.29 is 23.5 Å². The van der Waals surface area contributed by atoms with Crippen molar-refractivity contribution in [3.63, 3.8) is 0 Å². The Bertz CT molecular complexity index is 895. The predicted molar refractivity (Wildman–Crippen MR) is 105 cm³/mol. The molecule has 1 fully saturated rings. The molecule has 0 bridgehead atoms. The molecule has 4 rings (SSSR count). The van der Waals surface area contributed by atoms with Crippen LogP contribution in [0.5, 0.6) is 11.5 Å². The van der Waals surface area contributed by atoms with Gasteiger partial charge >= 0.3 is 0 Å². The molecule has 1 amide bonds. The van der Waals surface area contributed by atoms with Gasteiger partial charge < -0.3 is 14.8 Å². The summed E-state index contributed by atoms with van der Waals surface area (Å²) < 4.78 is 23.5. The fourth-order valence-electron chi connectivity index (χ4n) is 3.41. The molecule has 152 valence electrons. The Hall–Kier alpha value is -2.97. The van der Waals surface area contributed by atoms with Gasteiger partial charge in [-0.05, 0) is 42.5 Å². The number of carbonyl (C=O) groups is 2. The number of hydrogen-bond donors (Lipinski definition) is 1. The Kier molecular flexibility index (Phi) is 5.73. The number of fused-ring (bicyclic) bond motifs is 1. The number of piperazine rings is 1. The summed E-state index contributed by atoms with van der Waals surface area (Å²) in [5, 5.41) is 2.76. The van der Waals surface area contributed by atoms with E-state index in [0.717, 1.165) is 0 Å². The van der Waals surface area contributed by atoms with Crippen LogP contribution in [-0.4, -0.2) is 67.6 Å². The van der Waals surface area contributed by atoms with Crippen LogP contribution in [0.1, 0.15) is 10.4 Å². The largest absolute Gasteiger partial charge is 0.454 e. The Morgan fingerprint density at radius 3 is 2.28 bits per heavy atom. The highest BCUT2D eigenvalue weighted by molar-refractivity contribution is 5.98. The number of anilines is 1. The maximum absolute atomic E-state index is 12.9. The first-order valence-electron chi connectivity index (χ1n) is 9.50. The fourth-order valence-corrected chi connectivity index (χ4v) is 3.41. The number of nitrogens with one attached hydrogen (secondary N) is 1. The normalized spacial score (nSPS) is 16.6. The lowest BCUT2D eigenvalue weighted by Crippen LogP contribution is -2.49. The van der Waals surface area contributed by atoms with Gasteiger partial charge in [-0.25, -0.2) is 4.39 Å². The molecule has 2 aliphatic rings. The van der Waals surface area contributed by atoms with Crippen molar-refractivity contribution in [2.24, 2.45) is 0 Å². The van der Waals surface area contributed by atoms with Gasteiger partial charge in [0.25, 0.3) is 0 Å². The summed E-state index contributed by atoms with van der Waals surface area (Å²) in [7, 11) is 0. The second-order valence-corrected chi connectivity index (χ2v) is 7.10. The molecule has 1 saturated heterocycles. The molecular formula is C21H22FN3O4. The van der Waals surface area contributed by atoms with Gasteiger partial charge in [0.05, 0.1) is 13.1 Å². The Morgan fingerprint density at radius 2 is 1.55 bits per heavy atom. The third-order valence-electron chi connectivity index (χ3n) is 5.02. The van der Waals surface area contributed by atoms with Crippen LogP contribution in [0, 0.1) is 5.82 Å². The van der Waals surface area contributed by atoms with Crippen LogP contribution < -0.4 is 14.8 Å². The number of hydrogen-bond acceptors (Lipinski definition) is 6. The monoisotopic (exact) mass is 399 g/mol. The maximum atomic E-state index is 12.9. The molecular weight excluding hydrogens is 377 g/mol. The first-order chi connectivity index (χ1) is 14.1. The molecule has 0 radical (unpaired) electrons. The minimum absolute atomic E-state index is 0.0332. The van der Waals surface area contributed by atoms with E-state index in [1.807, 2.05) is 4.90 Å². The zero-order chi connectivity index (χ0) is 20.2. The molecule has 2 aromatic carbocycles. The van der Waals surface area contributed by atoms with Crippen LogP contribution in [0.3, 0.4) is 0 Å². The third kappa shape index (κ3) is 4.90. The zero-order valence-electron chi connectivity index (χ0n) is 15.9. The van der Waals surface area contributed by atoms with Crippen molar-refractivity contribution in [3.05, 3.63) is 53.8 Å². The number of carbonyl (C=O) groups excluding carboxylic acids is 2. The Morgan fingerprint density at radius 1 is 0.897 bits per heavy atom. The minimum Gasteiger partial charge on any atom is -0.454 e. The number of nitrogens with zero attached hydrogens (tertiary/aromatic N) is 2. The topological polar surface area (TPSA) is 71.1 Å². The molecule has 2 aromatic rings. The number of amides is 1. The van der Waals surface area contributed by atoms with Crippen molar-refractivity contribution >= 4 is 17.4 Å². The SMILES string of the molecule is O=C(CN1CCN(CC(=O)c2ccc3c(c2)OCO3)CC1)Nc1ccc(F)cc1. The number of ether oxygens (including phenoxy) is 2. The van der Waals surface area contributed by atoms with Gasteiger partial charge in [0.2, 0.25) is 12.7 Å². The van der Waals surface area contributed by atoms with E-state index in [0.29, 0.717) is 55.5 Å². The Labute approximate surface area is 168 Å². The highest BCUT2D eigenvalue weighted by Crippen LogP contribution is 2.32. The van der Waals surface area contributed by atoms with Crippen LogP contribution in [0.4, 0.5) is 10.1 Å². The van der Waals surface area contributed by atoms with Gasteiger partial charge in [-0.1, -0.05) is 0 Å². The van der Waals surface area contributed by atoms with E-state index in [2.05, 4.69) is 10.2 Å². The molecule has 2 heterocycles. The molecule has 2 aliphatic heterocycles. The second-order valence-electron chi connectivity index (χ2n) is 7.10. The van der Waals surface area contributed by atoms with Gasteiger partial charge in [-0.15, -0.1) is 0 Å². The predicted octanol–water partition coefficient (Wildman–Crippen LogP) is 1.99. The van der Waals surface area contributed by atoms with E-state index in [-0.39, 0.29) is 30.8 Å². The van der Waals surface area contributed by atoms with Gasteiger partial charge in [-0.3, -0.25) is 19.4 Å². The molecule has 1 N–H and O–H groups in total. The molecule has 0 unspecified atom stereocenters. The highest BCUT2D eigenvalue weighted by Gasteiger charge is 2.22. The molecule has 29 heavy (non-hydrogen) atoms. The van der Waals surface area contributed by atoms with E-state index in [1.165, 1.54) is 24.3 Å². The summed E-state index contributed by atoms with van der Waals surface area (Å²) in [6.45, 7) is 3.59. The van der Waals surface area contributed by atoms with E-state index in [4.69, 9.17) is 9.47 Å². The number of halogens is 1. The maximum Gasteiger partial charge on any atom is 0.238 e. The summed E-state index contributed by atoms with van der Waals surface area (Å²) in [6, 6.07) is 10.9. The van der Waals surface area contributed by atoms with Crippen molar-refractivity contribution in [2.75, 3.05) is 51.4 Å². The van der Waals surface area contributed by atoms with Gasteiger partial charge in [-0.2, -0.15) is 0 Å². The molecule has 0 spiro atoms. The van der Waals surface area contributed by atoms with Gasteiger partial charge in [0.1, 0.15) is 5.82 Å². The number of Topliss-reactive ketones (excluding diaryl/α,β-unsaturated/α-hetero) is 1. The van der Waals surface area contributed by atoms with Gasteiger partial charge in [0, 0.05) is 37.4 Å². The van der Waals surface area contributed by atoms with Crippen molar-refractivity contribution in [1.29, 1.82) is 0 Å². The third-order valence-corrected chi connectivity index (χ3v) is 5.02. The standard InChI is InChI=1S/C21H22FN3O4/c22-16-2-4-17(5-3-16)23-21(27)13-25-9-7-24(8-10-25)12-18(26)15-1-6-19-20(11-15)29-14-28-19/h1-6,11H,7-10,12-14H2,(H,23,27). The van der Waals surface area contributed by atoms with Crippen LogP contribution in [0.25, 0.3) is 0 Å². The lowest BCUT2D eigenvalue weighted by atomic mass is 10.1. The van der Waals surface area contributed by atoms with Crippen LogP contribution in [0.15, 0.2) is 42.5 Å². The average Bonchev–Trinajstić information content (AvgIpc) is 3.19. The van der Waals surface area contributed by atoms with Crippen molar-refractivity contribution in [3.8, 4) is 11.5 Å². The highest BCUT2D eigenvalue weighted by atomic mass is 19.1. The van der Waals surface area contributed by atoms with E-state index >= 15 is 0 Å². The number of rotatable bonds is 6. The van der Waals surface area contributed by atoms with Crippen LogP contribution in [-0.2, 0) is 4.79 Å². The summed E-state index contributed by atoms with van der Waals surface area (Å²) in [5.41, 5.74) is 1.18. The first kappa shape index (κ1) is 19.4. The average molecular weight is 399 g/mol. The van der Waals surface area contributed by atoms with E-state index in [1.54, 1.807) is 18.2 Å².